The third-order valence-corrected chi connectivity index (χ3v) is 1.25. The molecule has 6 nitrogen and oxygen atoms in total. The first-order chi connectivity index (χ1) is 6.02. The van der Waals surface area contributed by atoms with Crippen molar-refractivity contribution in [1.82, 2.24) is 0 Å². The number of carbonyl (C=O) groups excluding carboxylic acids is 1. The van der Waals surface area contributed by atoms with Gasteiger partial charge in [-0.3, -0.25) is 0 Å². The maximum absolute atomic E-state index is 10.5. The van der Waals surface area contributed by atoms with E-state index in [9.17, 15) is 4.79 Å². The molecule has 0 saturated heterocycles. The van der Waals surface area contributed by atoms with Gasteiger partial charge in [-0.1, -0.05) is 6.58 Å². The molecule has 0 spiro atoms. The van der Waals surface area contributed by atoms with Crippen molar-refractivity contribution in [3.8, 4) is 0 Å². The van der Waals surface area contributed by atoms with E-state index in [2.05, 4.69) is 11.3 Å². The molecular weight excluding hydrogens is 180 g/mol. The Labute approximate surface area is 74.7 Å². The fraction of sp³-hybridized carbons (Fsp3) is 0.571. The molecule has 0 aliphatic rings. The zero-order valence-corrected chi connectivity index (χ0v) is 6.88. The lowest BCUT2D eigenvalue weighted by Gasteiger charge is -2.19. The quantitative estimate of drug-likeness (QED) is 0.306. The molecule has 0 radical (unpaired) electrons. The second-order valence-corrected chi connectivity index (χ2v) is 2.31. The van der Waals surface area contributed by atoms with Crippen molar-refractivity contribution < 1.29 is 30.0 Å². The van der Waals surface area contributed by atoms with Crippen LogP contribution in [0.3, 0.4) is 0 Å². The molecule has 2 atom stereocenters. The molecule has 0 aromatic rings. The van der Waals surface area contributed by atoms with Crippen LogP contribution >= 0.6 is 0 Å². The Morgan fingerprint density at radius 1 is 1.46 bits per heavy atom. The minimum atomic E-state index is -1.45. The van der Waals surface area contributed by atoms with E-state index < -0.39 is 37.2 Å². The third-order valence-electron chi connectivity index (χ3n) is 1.25. The summed E-state index contributed by atoms with van der Waals surface area (Å²) in [6.07, 6.45) is -2.86. The lowest BCUT2D eigenvalue weighted by Crippen LogP contribution is -2.36. The molecule has 0 amide bonds. The normalized spacial score (nSPS) is 14.7. The van der Waals surface area contributed by atoms with Gasteiger partial charge in [0.1, 0.15) is 18.5 Å². The minimum absolute atomic E-state index is 0.594. The smallest absolute Gasteiger partial charge is 0.332 e. The average molecular weight is 192 g/mol. The number of hydrogen-bond donors (Lipinski definition) is 4. The molecule has 0 aromatic heterocycles. The summed E-state index contributed by atoms with van der Waals surface area (Å²) in [5.74, 6) is -1.61. The van der Waals surface area contributed by atoms with Gasteiger partial charge in [-0.05, 0) is 0 Å². The van der Waals surface area contributed by atoms with Gasteiger partial charge in [0, 0.05) is 0 Å². The van der Waals surface area contributed by atoms with E-state index >= 15 is 0 Å². The van der Waals surface area contributed by atoms with E-state index in [1.165, 1.54) is 0 Å². The highest BCUT2D eigenvalue weighted by Gasteiger charge is 2.25. The Balaban J connectivity index is 4.26. The van der Waals surface area contributed by atoms with Crippen LogP contribution in [0.2, 0.25) is 0 Å². The van der Waals surface area contributed by atoms with Gasteiger partial charge >= 0.3 is 5.97 Å². The maximum atomic E-state index is 10.5. The molecule has 2 unspecified atom stereocenters. The number of rotatable bonds is 5. The Morgan fingerprint density at radius 3 is 2.31 bits per heavy atom. The lowest BCUT2D eigenvalue weighted by atomic mass is 10.2. The van der Waals surface area contributed by atoms with Gasteiger partial charge in [0.25, 0.3) is 0 Å². The van der Waals surface area contributed by atoms with Crippen molar-refractivity contribution in [2.24, 2.45) is 0 Å². The SMILES string of the molecule is C=C(O)C(OC(=O)CO)C(O)CO. The molecule has 6 heteroatoms. The van der Waals surface area contributed by atoms with Gasteiger partial charge in [0.15, 0.2) is 6.10 Å². The van der Waals surface area contributed by atoms with Crippen molar-refractivity contribution in [2.45, 2.75) is 12.2 Å². The highest BCUT2D eigenvalue weighted by atomic mass is 16.6. The molecular formula is C7H12O6. The Hall–Kier alpha value is -1.11. The van der Waals surface area contributed by atoms with Crippen LogP contribution in [0.25, 0.3) is 0 Å². The van der Waals surface area contributed by atoms with Crippen LogP contribution < -0.4 is 0 Å². The molecule has 0 heterocycles. The number of carbonyl (C=O) groups is 1. The highest BCUT2D eigenvalue weighted by Crippen LogP contribution is 2.07. The summed E-state index contributed by atoms with van der Waals surface area (Å²) in [6.45, 7) is 1.47. The van der Waals surface area contributed by atoms with E-state index in [-0.39, 0.29) is 0 Å². The molecule has 0 aliphatic carbocycles. The predicted molar refractivity (Wildman–Crippen MR) is 41.8 cm³/mol. The van der Waals surface area contributed by atoms with E-state index in [0.717, 1.165) is 0 Å². The Morgan fingerprint density at radius 2 is 2.00 bits per heavy atom. The van der Waals surface area contributed by atoms with Gasteiger partial charge in [0.2, 0.25) is 0 Å². The van der Waals surface area contributed by atoms with Crippen LogP contribution in [0.5, 0.6) is 0 Å². The summed E-state index contributed by atoms with van der Waals surface area (Å²) in [6, 6.07) is 0. The van der Waals surface area contributed by atoms with Crippen molar-refractivity contribution in [3.05, 3.63) is 12.3 Å². The molecule has 76 valence electrons. The molecule has 0 rings (SSSR count). The number of esters is 1. The number of hydrogen-bond acceptors (Lipinski definition) is 6. The maximum Gasteiger partial charge on any atom is 0.332 e. The van der Waals surface area contributed by atoms with Crippen molar-refractivity contribution in [2.75, 3.05) is 13.2 Å². The van der Waals surface area contributed by atoms with Crippen LogP contribution in [0.1, 0.15) is 0 Å². The molecule has 0 fully saturated rings. The van der Waals surface area contributed by atoms with Gasteiger partial charge in [-0.15, -0.1) is 0 Å². The summed E-state index contributed by atoms with van der Waals surface area (Å²) >= 11 is 0. The first-order valence-corrected chi connectivity index (χ1v) is 3.50. The van der Waals surface area contributed by atoms with E-state index in [1.54, 1.807) is 0 Å². The van der Waals surface area contributed by atoms with E-state index in [1.807, 2.05) is 0 Å². The molecule has 0 aromatic carbocycles. The summed E-state index contributed by atoms with van der Waals surface area (Å²) in [7, 11) is 0. The molecule has 0 saturated carbocycles. The van der Waals surface area contributed by atoms with Gasteiger partial charge in [-0.25, -0.2) is 4.79 Å². The van der Waals surface area contributed by atoms with Crippen LogP contribution in [0.15, 0.2) is 12.3 Å². The van der Waals surface area contributed by atoms with Crippen LogP contribution in [0, 0.1) is 0 Å². The largest absolute Gasteiger partial charge is 0.509 e. The highest BCUT2D eigenvalue weighted by molar-refractivity contribution is 5.70. The zero-order chi connectivity index (χ0) is 10.4. The predicted octanol–water partition coefficient (Wildman–Crippen LogP) is -1.68. The van der Waals surface area contributed by atoms with Crippen LogP contribution in [-0.4, -0.2) is 51.8 Å². The summed E-state index contributed by atoms with van der Waals surface area (Å²) < 4.78 is 4.37. The number of ether oxygens (including phenoxy) is 1. The monoisotopic (exact) mass is 192 g/mol. The molecule has 4 N–H and O–H groups in total. The van der Waals surface area contributed by atoms with Crippen molar-refractivity contribution in [1.29, 1.82) is 0 Å². The number of aliphatic hydroxyl groups is 4. The first kappa shape index (κ1) is 11.9. The van der Waals surface area contributed by atoms with Crippen LogP contribution in [0.4, 0.5) is 0 Å². The number of aliphatic hydroxyl groups excluding tert-OH is 4. The van der Waals surface area contributed by atoms with Crippen LogP contribution in [-0.2, 0) is 9.53 Å². The summed E-state index contributed by atoms with van der Waals surface area (Å²) in [4.78, 5) is 10.5. The summed E-state index contributed by atoms with van der Waals surface area (Å²) in [5.41, 5.74) is 0. The second-order valence-electron chi connectivity index (χ2n) is 2.31. The second kappa shape index (κ2) is 5.52. The fourth-order valence-electron chi connectivity index (χ4n) is 0.643. The summed E-state index contributed by atoms with van der Waals surface area (Å²) in [5, 5.41) is 34.6. The first-order valence-electron chi connectivity index (χ1n) is 3.50. The van der Waals surface area contributed by atoms with Gasteiger partial charge in [-0.2, -0.15) is 0 Å². The van der Waals surface area contributed by atoms with E-state index in [0.29, 0.717) is 0 Å². The Bertz CT molecular complexity index is 189. The van der Waals surface area contributed by atoms with Gasteiger partial charge < -0.3 is 25.2 Å². The van der Waals surface area contributed by atoms with Crippen molar-refractivity contribution in [3.63, 3.8) is 0 Å². The van der Waals surface area contributed by atoms with Gasteiger partial charge in [0.05, 0.1) is 6.61 Å². The average Bonchev–Trinajstić information content (AvgIpc) is 2.11. The third kappa shape index (κ3) is 3.88. The zero-order valence-electron chi connectivity index (χ0n) is 6.88. The minimum Gasteiger partial charge on any atom is -0.509 e. The topological polar surface area (TPSA) is 107 Å². The lowest BCUT2D eigenvalue weighted by molar-refractivity contribution is -0.158. The molecule has 0 aliphatic heterocycles. The molecule has 13 heavy (non-hydrogen) atoms. The van der Waals surface area contributed by atoms with Crippen molar-refractivity contribution >= 4 is 5.97 Å². The Kier molecular flexibility index (Phi) is 5.05. The van der Waals surface area contributed by atoms with E-state index in [4.69, 9.17) is 20.4 Å². The molecule has 0 bridgehead atoms. The fourth-order valence-corrected chi connectivity index (χ4v) is 0.643. The standard InChI is InChI=1S/C7H12O6/c1-4(10)7(5(11)2-8)13-6(12)3-9/h5,7-11H,1-3H2.